The zero-order chi connectivity index (χ0) is 17.4. The molecule has 0 aliphatic carbocycles. The molecular weight excluding hydrogens is 346 g/mol. The van der Waals surface area contributed by atoms with Gasteiger partial charge in [-0.2, -0.15) is 0 Å². The van der Waals surface area contributed by atoms with Gasteiger partial charge in [-0.05, 0) is 44.0 Å². The number of hydrogen-bond acceptors (Lipinski definition) is 4. The van der Waals surface area contributed by atoms with Crippen molar-refractivity contribution >= 4 is 44.7 Å². The summed E-state index contributed by atoms with van der Waals surface area (Å²) in [6, 6.07) is 5.35. The molecule has 1 aromatic carbocycles. The molecule has 0 bridgehead atoms. The van der Waals surface area contributed by atoms with Crippen molar-refractivity contribution in [2.24, 2.45) is 0 Å². The van der Waals surface area contributed by atoms with E-state index in [-0.39, 0.29) is 11.5 Å². The molecule has 0 aliphatic heterocycles. The molecule has 0 fully saturated rings. The summed E-state index contributed by atoms with van der Waals surface area (Å²) in [5, 5.41) is 3.93. The van der Waals surface area contributed by atoms with Crippen LogP contribution in [0, 0.1) is 13.8 Å². The number of carbonyl (C=O) groups excluding carboxylic acids is 1. The number of aryl methyl sites for hydroxylation is 3. The van der Waals surface area contributed by atoms with Crippen molar-refractivity contribution in [2.45, 2.75) is 27.3 Å². The van der Waals surface area contributed by atoms with Crippen LogP contribution in [0.2, 0.25) is 5.02 Å². The number of nitrogens with one attached hydrogen (secondary N) is 1. The Kier molecular flexibility index (Phi) is 4.43. The zero-order valence-electron chi connectivity index (χ0n) is 13.5. The van der Waals surface area contributed by atoms with Crippen LogP contribution < -0.4 is 10.9 Å². The Labute approximate surface area is 147 Å². The van der Waals surface area contributed by atoms with Gasteiger partial charge in [-0.1, -0.05) is 17.7 Å². The van der Waals surface area contributed by atoms with Gasteiger partial charge in [-0.15, -0.1) is 11.3 Å². The molecule has 1 N–H and O–H groups in total. The number of benzene rings is 1. The van der Waals surface area contributed by atoms with Gasteiger partial charge in [0, 0.05) is 17.3 Å². The number of aromatic nitrogens is 2. The van der Waals surface area contributed by atoms with Crippen LogP contribution in [0.3, 0.4) is 0 Å². The van der Waals surface area contributed by atoms with Gasteiger partial charge >= 0.3 is 0 Å². The van der Waals surface area contributed by atoms with Crippen LogP contribution in [-0.2, 0) is 6.54 Å². The van der Waals surface area contributed by atoms with Gasteiger partial charge in [0.05, 0.1) is 16.6 Å². The molecule has 2 aromatic heterocycles. The third kappa shape index (κ3) is 2.83. The lowest BCUT2D eigenvalue weighted by atomic mass is 10.2. The van der Waals surface area contributed by atoms with Crippen LogP contribution in [0.25, 0.3) is 10.2 Å². The van der Waals surface area contributed by atoms with Gasteiger partial charge < -0.3 is 5.32 Å². The Hall–Kier alpha value is -2.18. The number of anilines is 1. The third-order valence-corrected chi connectivity index (χ3v) is 5.50. The van der Waals surface area contributed by atoms with E-state index in [0.29, 0.717) is 37.9 Å². The number of rotatable bonds is 3. The number of carbonyl (C=O) groups is 1. The summed E-state index contributed by atoms with van der Waals surface area (Å²) in [6.07, 6.45) is 1.52. The number of amides is 1. The summed E-state index contributed by atoms with van der Waals surface area (Å²) in [7, 11) is 0. The molecule has 3 rings (SSSR count). The van der Waals surface area contributed by atoms with Crippen molar-refractivity contribution in [1.82, 2.24) is 9.55 Å². The second-order valence-electron chi connectivity index (χ2n) is 5.49. The average Bonchev–Trinajstić information content (AvgIpc) is 2.89. The van der Waals surface area contributed by atoms with E-state index in [0.717, 1.165) is 5.56 Å². The first-order valence-electron chi connectivity index (χ1n) is 7.48. The summed E-state index contributed by atoms with van der Waals surface area (Å²) < 4.78 is 1.53. The second-order valence-corrected chi connectivity index (χ2v) is 6.90. The molecule has 0 saturated heterocycles. The lowest BCUT2D eigenvalue weighted by Crippen LogP contribution is -2.19. The normalized spacial score (nSPS) is 11.0. The molecule has 0 unspecified atom stereocenters. The van der Waals surface area contributed by atoms with Gasteiger partial charge in [0.2, 0.25) is 0 Å². The fourth-order valence-corrected chi connectivity index (χ4v) is 3.67. The maximum atomic E-state index is 12.6. The Morgan fingerprint density at radius 1 is 1.38 bits per heavy atom. The molecule has 0 saturated carbocycles. The van der Waals surface area contributed by atoms with Gasteiger partial charge in [-0.3, -0.25) is 14.2 Å². The summed E-state index contributed by atoms with van der Waals surface area (Å²) >= 11 is 7.31. The lowest BCUT2D eigenvalue weighted by molar-refractivity contribution is 0.103. The minimum atomic E-state index is -0.266. The number of nitrogens with zero attached hydrogens (tertiary/aromatic N) is 2. The maximum Gasteiger partial charge on any atom is 0.266 e. The number of hydrogen-bond donors (Lipinski definition) is 1. The maximum absolute atomic E-state index is 12.6. The topological polar surface area (TPSA) is 64.0 Å². The van der Waals surface area contributed by atoms with Crippen molar-refractivity contribution < 1.29 is 4.79 Å². The Bertz CT molecular complexity index is 1010. The molecule has 124 valence electrons. The minimum absolute atomic E-state index is 0.117. The highest BCUT2D eigenvalue weighted by Crippen LogP contribution is 2.28. The van der Waals surface area contributed by atoms with Crippen molar-refractivity contribution in [1.29, 1.82) is 0 Å². The molecule has 5 nitrogen and oxygen atoms in total. The first-order chi connectivity index (χ1) is 11.4. The largest absolute Gasteiger partial charge is 0.321 e. The van der Waals surface area contributed by atoms with Crippen molar-refractivity contribution in [3.8, 4) is 0 Å². The summed E-state index contributed by atoms with van der Waals surface area (Å²) in [5.41, 5.74) is 2.10. The molecule has 0 aliphatic rings. The monoisotopic (exact) mass is 361 g/mol. The highest BCUT2D eigenvalue weighted by molar-refractivity contribution is 7.20. The fraction of sp³-hybridized carbons (Fsp3) is 0.235. The highest BCUT2D eigenvalue weighted by atomic mass is 35.5. The van der Waals surface area contributed by atoms with Crippen LogP contribution >= 0.6 is 22.9 Å². The van der Waals surface area contributed by atoms with E-state index in [9.17, 15) is 9.59 Å². The molecule has 7 heteroatoms. The molecule has 0 spiro atoms. The van der Waals surface area contributed by atoms with E-state index in [4.69, 9.17) is 11.6 Å². The fourth-order valence-electron chi connectivity index (χ4n) is 2.46. The first-order valence-corrected chi connectivity index (χ1v) is 8.67. The summed E-state index contributed by atoms with van der Waals surface area (Å²) in [6.45, 7) is 6.10. The van der Waals surface area contributed by atoms with Gasteiger partial charge in [0.15, 0.2) is 0 Å². The van der Waals surface area contributed by atoms with Crippen molar-refractivity contribution in [2.75, 3.05) is 5.32 Å². The average molecular weight is 362 g/mol. The molecule has 2 heterocycles. The third-order valence-electron chi connectivity index (χ3n) is 3.89. The van der Waals surface area contributed by atoms with Crippen LogP contribution in [0.1, 0.15) is 27.7 Å². The minimum Gasteiger partial charge on any atom is -0.321 e. The van der Waals surface area contributed by atoms with E-state index in [1.165, 1.54) is 22.2 Å². The predicted octanol–water partition coefficient (Wildman–Crippen LogP) is 4.00. The van der Waals surface area contributed by atoms with E-state index < -0.39 is 0 Å². The molecule has 3 aromatic rings. The zero-order valence-corrected chi connectivity index (χ0v) is 15.1. The van der Waals surface area contributed by atoms with Crippen LogP contribution in [0.5, 0.6) is 0 Å². The summed E-state index contributed by atoms with van der Waals surface area (Å²) in [5.74, 6) is -0.266. The van der Waals surface area contributed by atoms with Crippen molar-refractivity contribution in [3.63, 3.8) is 0 Å². The first kappa shape index (κ1) is 16.7. The lowest BCUT2D eigenvalue weighted by Gasteiger charge is -2.06. The molecule has 1 amide bonds. The number of thiophene rings is 1. The smallest absolute Gasteiger partial charge is 0.266 e. The molecule has 0 atom stereocenters. The van der Waals surface area contributed by atoms with E-state index >= 15 is 0 Å². The van der Waals surface area contributed by atoms with E-state index in [1.807, 2.05) is 19.9 Å². The van der Waals surface area contributed by atoms with E-state index in [2.05, 4.69) is 10.3 Å². The van der Waals surface area contributed by atoms with E-state index in [1.54, 1.807) is 19.1 Å². The SMILES string of the molecule is CCn1cnc2sc(C(=O)Nc3ccc(C)c(Cl)c3)c(C)c2c1=O. The quantitative estimate of drug-likeness (QED) is 0.766. The predicted molar refractivity (Wildman–Crippen MR) is 98.4 cm³/mol. The number of halogens is 1. The Morgan fingerprint density at radius 3 is 2.79 bits per heavy atom. The van der Waals surface area contributed by atoms with Crippen LogP contribution in [-0.4, -0.2) is 15.5 Å². The van der Waals surface area contributed by atoms with Gasteiger partial charge in [0.1, 0.15) is 4.83 Å². The van der Waals surface area contributed by atoms with Crippen LogP contribution in [0.15, 0.2) is 29.3 Å². The van der Waals surface area contributed by atoms with Gasteiger partial charge in [0.25, 0.3) is 11.5 Å². The molecular formula is C17H16ClN3O2S. The molecule has 0 radical (unpaired) electrons. The van der Waals surface area contributed by atoms with Crippen LogP contribution in [0.4, 0.5) is 5.69 Å². The van der Waals surface area contributed by atoms with Gasteiger partial charge in [-0.25, -0.2) is 4.98 Å². The Balaban J connectivity index is 2.01. The summed E-state index contributed by atoms with van der Waals surface area (Å²) in [4.78, 5) is 30.4. The number of fused-ring (bicyclic) bond motifs is 1. The second kappa shape index (κ2) is 6.37. The molecule has 24 heavy (non-hydrogen) atoms. The highest BCUT2D eigenvalue weighted by Gasteiger charge is 2.19. The van der Waals surface area contributed by atoms with Crippen molar-refractivity contribution in [3.05, 3.63) is 55.9 Å². The Morgan fingerprint density at radius 2 is 2.12 bits per heavy atom. The standard InChI is InChI=1S/C17H16ClN3O2S/c1-4-21-8-19-16-13(17(21)23)10(3)14(24-16)15(22)20-11-6-5-9(2)12(18)7-11/h5-8H,4H2,1-3H3,(H,20,22).